The predicted octanol–water partition coefficient (Wildman–Crippen LogP) is 5.13. The van der Waals surface area contributed by atoms with E-state index in [2.05, 4.69) is 42.5 Å². The highest BCUT2D eigenvalue weighted by molar-refractivity contribution is 5.88. The minimum atomic E-state index is -0.915. The van der Waals surface area contributed by atoms with E-state index in [1.807, 2.05) is 18.2 Å². The van der Waals surface area contributed by atoms with Crippen molar-refractivity contribution in [2.75, 3.05) is 13.1 Å². The smallest absolute Gasteiger partial charge is 0.335 e. The van der Waals surface area contributed by atoms with Crippen LogP contribution in [0.3, 0.4) is 0 Å². The molecule has 1 aliphatic rings. The fourth-order valence-electron chi connectivity index (χ4n) is 4.43. The molecule has 1 aromatic heterocycles. The first-order chi connectivity index (χ1) is 14.0. The largest absolute Gasteiger partial charge is 0.478 e. The van der Waals surface area contributed by atoms with E-state index in [1.54, 1.807) is 24.3 Å². The molecule has 1 unspecified atom stereocenters. The molecule has 29 heavy (non-hydrogen) atoms. The summed E-state index contributed by atoms with van der Waals surface area (Å²) in [5.74, 6) is -0.915. The van der Waals surface area contributed by atoms with Gasteiger partial charge in [-0.25, -0.2) is 4.79 Å². The lowest BCUT2D eigenvalue weighted by molar-refractivity contribution is 0.0697. The highest BCUT2D eigenvalue weighted by atomic mass is 16.4. The van der Waals surface area contributed by atoms with Crippen molar-refractivity contribution in [2.45, 2.75) is 39.2 Å². The number of allylic oxidation sites excluding steroid dienone is 4. The van der Waals surface area contributed by atoms with Crippen LogP contribution >= 0.6 is 0 Å². The monoisotopic (exact) mass is 390 g/mol. The molecular formula is C25H30N2O2. The van der Waals surface area contributed by atoms with Crippen molar-refractivity contribution in [3.63, 3.8) is 0 Å². The zero-order chi connectivity index (χ0) is 21.0. The lowest BCUT2D eigenvalue weighted by Crippen LogP contribution is -2.39. The van der Waals surface area contributed by atoms with Gasteiger partial charge in [0.1, 0.15) is 0 Å². The van der Waals surface area contributed by atoms with E-state index < -0.39 is 5.97 Å². The van der Waals surface area contributed by atoms with Crippen LogP contribution in [0.4, 0.5) is 0 Å². The number of hydrogen-bond donors (Lipinski definition) is 1. The number of aromatic carboxylic acids is 1. The molecule has 1 aromatic carbocycles. The SMILES string of the molecule is C=C/C=C(\C=C)c1cc2c(n1-c1cccc(C(=O)O)c1)CCC(N(CC)CC)C2. The summed E-state index contributed by atoms with van der Waals surface area (Å²) in [6.45, 7) is 14.4. The molecule has 1 heterocycles. The van der Waals surface area contributed by atoms with Gasteiger partial charge in [-0.3, -0.25) is 0 Å². The molecular weight excluding hydrogens is 360 g/mol. The summed E-state index contributed by atoms with van der Waals surface area (Å²) in [5, 5.41) is 9.45. The molecule has 0 saturated carbocycles. The summed E-state index contributed by atoms with van der Waals surface area (Å²) in [4.78, 5) is 14.0. The molecule has 1 aliphatic carbocycles. The third-order valence-electron chi connectivity index (χ3n) is 5.86. The Hall–Kier alpha value is -2.85. The molecule has 0 bridgehead atoms. The number of fused-ring (bicyclic) bond motifs is 1. The highest BCUT2D eigenvalue weighted by Crippen LogP contribution is 2.34. The molecule has 3 rings (SSSR count). The van der Waals surface area contributed by atoms with Crippen LogP contribution in [0.5, 0.6) is 0 Å². The van der Waals surface area contributed by atoms with Crippen LogP contribution < -0.4 is 0 Å². The first-order valence-electron chi connectivity index (χ1n) is 10.3. The number of carboxylic acids is 1. The summed E-state index contributed by atoms with van der Waals surface area (Å²) in [5.41, 5.74) is 5.78. The number of nitrogens with zero attached hydrogens (tertiary/aromatic N) is 2. The van der Waals surface area contributed by atoms with Gasteiger partial charge in [0.05, 0.1) is 11.3 Å². The number of carboxylic acid groups (broad SMARTS) is 1. The first-order valence-corrected chi connectivity index (χ1v) is 10.3. The summed E-state index contributed by atoms with van der Waals surface area (Å²) >= 11 is 0. The summed E-state index contributed by atoms with van der Waals surface area (Å²) < 4.78 is 2.21. The topological polar surface area (TPSA) is 45.5 Å². The van der Waals surface area contributed by atoms with Crippen LogP contribution in [0.25, 0.3) is 11.3 Å². The van der Waals surface area contributed by atoms with Crippen LogP contribution in [0, 0.1) is 0 Å². The molecule has 1 atom stereocenters. The molecule has 1 N–H and O–H groups in total. The molecule has 4 heteroatoms. The van der Waals surface area contributed by atoms with Gasteiger partial charge in [-0.05, 0) is 67.8 Å². The minimum Gasteiger partial charge on any atom is -0.478 e. The lowest BCUT2D eigenvalue weighted by Gasteiger charge is -2.33. The van der Waals surface area contributed by atoms with Crippen molar-refractivity contribution in [3.8, 4) is 5.69 Å². The third kappa shape index (κ3) is 4.13. The van der Waals surface area contributed by atoms with Gasteiger partial charge in [-0.15, -0.1) is 0 Å². The molecule has 0 aliphatic heterocycles. The van der Waals surface area contributed by atoms with Crippen LogP contribution in [0.2, 0.25) is 0 Å². The average molecular weight is 391 g/mol. The minimum absolute atomic E-state index is 0.292. The van der Waals surface area contributed by atoms with E-state index in [1.165, 1.54) is 11.3 Å². The average Bonchev–Trinajstić information content (AvgIpc) is 3.11. The second-order valence-corrected chi connectivity index (χ2v) is 7.37. The van der Waals surface area contributed by atoms with Crippen molar-refractivity contribution in [1.82, 2.24) is 9.47 Å². The maximum Gasteiger partial charge on any atom is 0.335 e. The molecule has 0 radical (unpaired) electrons. The Labute approximate surface area is 173 Å². The Morgan fingerprint density at radius 1 is 1.28 bits per heavy atom. The summed E-state index contributed by atoms with van der Waals surface area (Å²) in [6.07, 6.45) is 8.63. The van der Waals surface area contributed by atoms with E-state index in [4.69, 9.17) is 0 Å². The fraction of sp³-hybridized carbons (Fsp3) is 0.320. The van der Waals surface area contributed by atoms with E-state index in [0.717, 1.165) is 49.3 Å². The van der Waals surface area contributed by atoms with Gasteiger partial charge in [0.2, 0.25) is 0 Å². The Morgan fingerprint density at radius 2 is 2.03 bits per heavy atom. The summed E-state index contributed by atoms with van der Waals surface area (Å²) in [6, 6.07) is 9.95. The molecule has 0 saturated heterocycles. The number of likely N-dealkylation sites (N-methyl/N-ethyl adjacent to an activating group) is 1. The lowest BCUT2D eigenvalue weighted by atomic mass is 9.92. The van der Waals surface area contributed by atoms with Crippen molar-refractivity contribution in [3.05, 3.63) is 84.2 Å². The van der Waals surface area contributed by atoms with Crippen LogP contribution in [0.1, 0.15) is 47.6 Å². The number of carbonyl (C=O) groups is 1. The van der Waals surface area contributed by atoms with Gasteiger partial charge in [0, 0.05) is 17.4 Å². The number of benzene rings is 1. The first kappa shape index (κ1) is 20.9. The predicted molar refractivity (Wildman–Crippen MR) is 120 cm³/mol. The third-order valence-corrected chi connectivity index (χ3v) is 5.86. The second kappa shape index (κ2) is 9.10. The Bertz CT molecular complexity index is 948. The van der Waals surface area contributed by atoms with E-state index in [9.17, 15) is 9.90 Å². The van der Waals surface area contributed by atoms with Gasteiger partial charge in [-0.1, -0.05) is 51.3 Å². The molecule has 0 spiro atoms. The highest BCUT2D eigenvalue weighted by Gasteiger charge is 2.27. The Balaban J connectivity index is 2.16. The molecule has 4 nitrogen and oxygen atoms in total. The number of aromatic nitrogens is 1. The number of hydrogen-bond acceptors (Lipinski definition) is 2. The quantitative estimate of drug-likeness (QED) is 0.636. The normalized spacial score (nSPS) is 16.5. The van der Waals surface area contributed by atoms with Crippen molar-refractivity contribution < 1.29 is 9.90 Å². The van der Waals surface area contributed by atoms with Crippen molar-refractivity contribution in [2.24, 2.45) is 0 Å². The second-order valence-electron chi connectivity index (χ2n) is 7.37. The van der Waals surface area contributed by atoms with Crippen LogP contribution in [-0.4, -0.2) is 39.7 Å². The molecule has 152 valence electrons. The molecule has 0 amide bonds. The van der Waals surface area contributed by atoms with E-state index in [0.29, 0.717) is 11.6 Å². The molecule has 0 fully saturated rings. The van der Waals surface area contributed by atoms with Gasteiger partial charge < -0.3 is 14.6 Å². The maximum atomic E-state index is 11.5. The fourth-order valence-corrected chi connectivity index (χ4v) is 4.43. The van der Waals surface area contributed by atoms with Gasteiger partial charge >= 0.3 is 5.97 Å². The van der Waals surface area contributed by atoms with Gasteiger partial charge in [0.25, 0.3) is 0 Å². The summed E-state index contributed by atoms with van der Waals surface area (Å²) in [7, 11) is 0. The maximum absolute atomic E-state index is 11.5. The molecule has 2 aromatic rings. The van der Waals surface area contributed by atoms with Crippen LogP contribution in [-0.2, 0) is 12.8 Å². The van der Waals surface area contributed by atoms with Crippen molar-refractivity contribution >= 4 is 11.5 Å². The standard InChI is InChI=1S/C25H30N2O2/c1-5-10-18(6-2)24-17-20-16-21(26(7-3)8-4)13-14-23(20)27(24)22-12-9-11-19(15-22)25(28)29/h5-6,9-12,15,17,21H,1-2,7-8,13-14,16H2,3-4H3,(H,28,29)/b18-10+. The Morgan fingerprint density at radius 3 is 2.66 bits per heavy atom. The van der Waals surface area contributed by atoms with Gasteiger partial charge in [-0.2, -0.15) is 0 Å². The zero-order valence-electron chi connectivity index (χ0n) is 17.4. The van der Waals surface area contributed by atoms with Crippen molar-refractivity contribution in [1.29, 1.82) is 0 Å². The van der Waals surface area contributed by atoms with Crippen LogP contribution in [0.15, 0.2) is 61.7 Å². The Kier molecular flexibility index (Phi) is 6.55. The zero-order valence-corrected chi connectivity index (χ0v) is 17.4. The van der Waals surface area contributed by atoms with E-state index in [-0.39, 0.29) is 0 Å². The van der Waals surface area contributed by atoms with Gasteiger partial charge in [0.15, 0.2) is 0 Å². The van der Waals surface area contributed by atoms with E-state index >= 15 is 0 Å². The number of rotatable bonds is 8.